The van der Waals surface area contributed by atoms with E-state index in [9.17, 15) is 18.0 Å². The first-order valence-corrected chi connectivity index (χ1v) is 16.5. The summed E-state index contributed by atoms with van der Waals surface area (Å²) in [6.45, 7) is 5.49. The SMILES string of the molecule is CC[C@H](C(=O)NC1CCCCC1)N(Cc1ccccc1C)C(=O)CN(c1ccc(C)cc1)S(=O)(=O)c1ccc(OC)cc1. The van der Waals surface area contributed by atoms with Crippen LogP contribution in [0.25, 0.3) is 0 Å². The summed E-state index contributed by atoms with van der Waals surface area (Å²) in [6.07, 6.45) is 5.56. The van der Waals surface area contributed by atoms with Gasteiger partial charge in [-0.05, 0) is 80.6 Å². The van der Waals surface area contributed by atoms with E-state index >= 15 is 0 Å². The van der Waals surface area contributed by atoms with Gasteiger partial charge in [-0.15, -0.1) is 0 Å². The number of nitrogens with zero attached hydrogens (tertiary/aromatic N) is 2. The van der Waals surface area contributed by atoms with Gasteiger partial charge in [-0.25, -0.2) is 8.42 Å². The average Bonchev–Trinajstić information content (AvgIpc) is 3.01. The van der Waals surface area contributed by atoms with E-state index in [4.69, 9.17) is 4.74 Å². The third-order valence-corrected chi connectivity index (χ3v) is 9.98. The lowest BCUT2D eigenvalue weighted by Gasteiger charge is -2.34. The summed E-state index contributed by atoms with van der Waals surface area (Å²) in [5.41, 5.74) is 3.22. The largest absolute Gasteiger partial charge is 0.497 e. The van der Waals surface area contributed by atoms with E-state index < -0.39 is 28.5 Å². The van der Waals surface area contributed by atoms with Crippen molar-refractivity contribution in [3.63, 3.8) is 0 Å². The molecule has 4 rings (SSSR count). The number of carbonyl (C=O) groups excluding carboxylic acids is 2. The Bertz CT molecular complexity index is 1480. The predicted octanol–water partition coefficient (Wildman–Crippen LogP) is 5.76. The van der Waals surface area contributed by atoms with E-state index in [-0.39, 0.29) is 23.4 Å². The first-order valence-electron chi connectivity index (χ1n) is 15.0. The molecule has 3 aromatic carbocycles. The first-order chi connectivity index (χ1) is 20.6. The average molecular weight is 606 g/mol. The number of aryl methyl sites for hydroxylation is 2. The minimum atomic E-state index is -4.15. The molecule has 0 spiro atoms. The molecule has 0 unspecified atom stereocenters. The number of nitrogens with one attached hydrogen (secondary N) is 1. The molecular weight excluding hydrogens is 562 g/mol. The summed E-state index contributed by atoms with van der Waals surface area (Å²) < 4.78 is 34.5. The van der Waals surface area contributed by atoms with Crippen molar-refractivity contribution < 1.29 is 22.7 Å². The molecule has 43 heavy (non-hydrogen) atoms. The van der Waals surface area contributed by atoms with Crippen LogP contribution in [-0.2, 0) is 26.2 Å². The molecule has 1 N–H and O–H groups in total. The molecule has 0 radical (unpaired) electrons. The zero-order valence-corrected chi connectivity index (χ0v) is 26.4. The molecule has 1 saturated carbocycles. The Hall–Kier alpha value is -3.85. The van der Waals surface area contributed by atoms with Crippen LogP contribution in [0, 0.1) is 13.8 Å². The number of sulfonamides is 1. The Kier molecular flexibility index (Phi) is 10.9. The second-order valence-corrected chi connectivity index (χ2v) is 13.1. The highest BCUT2D eigenvalue weighted by molar-refractivity contribution is 7.92. The van der Waals surface area contributed by atoms with Crippen LogP contribution in [0.4, 0.5) is 5.69 Å². The highest BCUT2D eigenvalue weighted by atomic mass is 32.2. The van der Waals surface area contributed by atoms with Gasteiger partial charge in [0.1, 0.15) is 18.3 Å². The van der Waals surface area contributed by atoms with Crippen LogP contribution < -0.4 is 14.4 Å². The van der Waals surface area contributed by atoms with Gasteiger partial charge in [0.15, 0.2) is 0 Å². The molecule has 0 aliphatic heterocycles. The molecular formula is C34H43N3O5S. The topological polar surface area (TPSA) is 96.0 Å². The number of hydrogen-bond acceptors (Lipinski definition) is 5. The van der Waals surface area contributed by atoms with Gasteiger partial charge < -0.3 is 15.0 Å². The number of ether oxygens (including phenoxy) is 1. The third-order valence-electron chi connectivity index (χ3n) is 8.19. The van der Waals surface area contributed by atoms with Gasteiger partial charge in [0.05, 0.1) is 17.7 Å². The summed E-state index contributed by atoms with van der Waals surface area (Å²) in [7, 11) is -2.63. The molecule has 8 nitrogen and oxygen atoms in total. The van der Waals surface area contributed by atoms with Crippen molar-refractivity contribution in [2.75, 3.05) is 18.0 Å². The van der Waals surface area contributed by atoms with E-state index in [1.165, 1.54) is 25.7 Å². The number of methoxy groups -OCH3 is 1. The molecule has 0 heterocycles. The first kappa shape index (κ1) is 32.1. The fourth-order valence-electron chi connectivity index (χ4n) is 5.55. The minimum absolute atomic E-state index is 0.0363. The molecule has 230 valence electrons. The van der Waals surface area contributed by atoms with Crippen molar-refractivity contribution >= 4 is 27.5 Å². The van der Waals surface area contributed by atoms with E-state index in [0.717, 1.165) is 46.7 Å². The molecule has 3 aromatic rings. The molecule has 0 bridgehead atoms. The third kappa shape index (κ3) is 7.96. The normalized spacial score (nSPS) is 14.5. The maximum absolute atomic E-state index is 14.3. The maximum Gasteiger partial charge on any atom is 0.264 e. The highest BCUT2D eigenvalue weighted by Crippen LogP contribution is 2.27. The zero-order valence-electron chi connectivity index (χ0n) is 25.6. The van der Waals surface area contributed by atoms with Crippen LogP contribution in [0.2, 0.25) is 0 Å². The molecule has 1 aliphatic rings. The Labute approximate surface area is 256 Å². The molecule has 0 saturated heterocycles. The van der Waals surface area contributed by atoms with Crippen molar-refractivity contribution in [3.05, 3.63) is 89.5 Å². The summed E-state index contributed by atoms with van der Waals surface area (Å²) in [6, 6.07) is 20.2. The van der Waals surface area contributed by atoms with Crippen LogP contribution >= 0.6 is 0 Å². The Morgan fingerprint density at radius 3 is 2.19 bits per heavy atom. The summed E-state index contributed by atoms with van der Waals surface area (Å²) >= 11 is 0. The van der Waals surface area contributed by atoms with Gasteiger partial charge in [0.25, 0.3) is 10.0 Å². The Balaban J connectivity index is 1.71. The predicted molar refractivity (Wildman–Crippen MR) is 170 cm³/mol. The molecule has 0 aromatic heterocycles. The number of carbonyl (C=O) groups is 2. The fourth-order valence-corrected chi connectivity index (χ4v) is 6.96. The van der Waals surface area contributed by atoms with Crippen molar-refractivity contribution in [1.29, 1.82) is 0 Å². The minimum Gasteiger partial charge on any atom is -0.497 e. The van der Waals surface area contributed by atoms with Gasteiger partial charge >= 0.3 is 0 Å². The molecule has 9 heteroatoms. The maximum atomic E-state index is 14.3. The van der Waals surface area contributed by atoms with E-state index in [2.05, 4.69) is 5.32 Å². The lowest BCUT2D eigenvalue weighted by atomic mass is 9.95. The van der Waals surface area contributed by atoms with Crippen LogP contribution in [0.5, 0.6) is 5.75 Å². The van der Waals surface area contributed by atoms with Gasteiger partial charge in [0.2, 0.25) is 11.8 Å². The van der Waals surface area contributed by atoms with Crippen LogP contribution in [0.15, 0.2) is 77.7 Å². The van der Waals surface area contributed by atoms with Crippen LogP contribution in [-0.4, -0.2) is 50.9 Å². The monoisotopic (exact) mass is 605 g/mol. The number of rotatable bonds is 12. The van der Waals surface area contributed by atoms with Crippen LogP contribution in [0.3, 0.4) is 0 Å². The second-order valence-electron chi connectivity index (χ2n) is 11.2. The highest BCUT2D eigenvalue weighted by Gasteiger charge is 2.34. The number of amides is 2. The van der Waals surface area contributed by atoms with E-state index in [1.54, 1.807) is 29.2 Å². The summed E-state index contributed by atoms with van der Waals surface area (Å²) in [5.74, 6) is -0.126. The zero-order chi connectivity index (χ0) is 31.0. The Morgan fingerprint density at radius 1 is 0.930 bits per heavy atom. The molecule has 1 fully saturated rings. The van der Waals surface area contributed by atoms with Gasteiger partial charge in [-0.2, -0.15) is 0 Å². The quantitative estimate of drug-likeness (QED) is 0.283. The van der Waals surface area contributed by atoms with Crippen molar-refractivity contribution in [3.8, 4) is 5.75 Å². The van der Waals surface area contributed by atoms with Crippen molar-refractivity contribution in [1.82, 2.24) is 10.2 Å². The lowest BCUT2D eigenvalue weighted by Crippen LogP contribution is -2.54. The fraction of sp³-hybridized carbons (Fsp3) is 0.412. The van der Waals surface area contributed by atoms with Gasteiger partial charge in [-0.3, -0.25) is 13.9 Å². The molecule has 1 aliphatic carbocycles. The molecule has 1 atom stereocenters. The van der Waals surface area contributed by atoms with E-state index in [0.29, 0.717) is 17.9 Å². The summed E-state index contributed by atoms with van der Waals surface area (Å²) in [4.78, 5) is 29.6. The lowest BCUT2D eigenvalue weighted by molar-refractivity contribution is -0.140. The summed E-state index contributed by atoms with van der Waals surface area (Å²) in [5, 5.41) is 3.19. The molecule has 2 amide bonds. The van der Waals surface area contributed by atoms with Crippen molar-refractivity contribution in [2.45, 2.75) is 82.8 Å². The number of anilines is 1. The second kappa shape index (κ2) is 14.6. The van der Waals surface area contributed by atoms with Crippen LogP contribution in [0.1, 0.15) is 62.1 Å². The number of benzene rings is 3. The Morgan fingerprint density at radius 2 is 1.58 bits per heavy atom. The smallest absolute Gasteiger partial charge is 0.264 e. The standard InChI is InChI=1S/C34H43N3O5S/c1-5-32(34(39)35-28-13-7-6-8-14-28)36(23-27-12-10-9-11-26(27)3)33(38)24-37(29-17-15-25(2)16-18-29)43(40,41)31-21-19-30(42-4)20-22-31/h9-12,15-22,28,32H,5-8,13-14,23-24H2,1-4H3,(H,35,39)/t32-/m1/s1. The number of hydrogen-bond donors (Lipinski definition) is 1. The van der Waals surface area contributed by atoms with Gasteiger partial charge in [0, 0.05) is 12.6 Å². The van der Waals surface area contributed by atoms with Gasteiger partial charge in [-0.1, -0.05) is 68.1 Å². The van der Waals surface area contributed by atoms with E-state index in [1.807, 2.05) is 57.2 Å². The van der Waals surface area contributed by atoms with Crippen molar-refractivity contribution in [2.24, 2.45) is 0 Å².